The maximum atomic E-state index is 13.8. The largest absolute Gasteiger partial charge is 0.370 e. The van der Waals surface area contributed by atoms with E-state index in [0.29, 0.717) is 16.3 Å². The summed E-state index contributed by atoms with van der Waals surface area (Å²) in [6, 6.07) is 8.24. The number of fused-ring (bicyclic) bond motifs is 4. The van der Waals surface area contributed by atoms with Crippen molar-refractivity contribution in [3.8, 4) is 0 Å². The van der Waals surface area contributed by atoms with E-state index in [1.165, 1.54) is 24.3 Å². The first-order valence-electron chi connectivity index (χ1n) is 10.5. The Bertz CT molecular complexity index is 1310. The minimum Gasteiger partial charge on any atom is -0.370 e. The Kier molecular flexibility index (Phi) is 4.78. The number of rotatable bonds is 4. The van der Waals surface area contributed by atoms with Gasteiger partial charge in [0.1, 0.15) is 5.54 Å². The van der Waals surface area contributed by atoms with Crippen molar-refractivity contribution in [1.82, 2.24) is 5.32 Å². The second-order valence-electron chi connectivity index (χ2n) is 8.78. The molecule has 4 atom stereocenters. The second kappa shape index (κ2) is 7.37. The molecule has 6 N–H and O–H groups in total. The van der Waals surface area contributed by atoms with Gasteiger partial charge in [0.25, 0.3) is 0 Å². The van der Waals surface area contributed by atoms with Crippen molar-refractivity contribution in [2.24, 2.45) is 23.3 Å². The van der Waals surface area contributed by atoms with E-state index in [-0.39, 0.29) is 17.7 Å². The van der Waals surface area contributed by atoms with Crippen molar-refractivity contribution in [3.05, 3.63) is 58.1 Å². The summed E-state index contributed by atoms with van der Waals surface area (Å²) in [7, 11) is 0. The molecule has 0 radical (unpaired) electrons. The van der Waals surface area contributed by atoms with Gasteiger partial charge in [0.05, 0.1) is 28.2 Å². The van der Waals surface area contributed by atoms with E-state index in [9.17, 15) is 24.0 Å². The van der Waals surface area contributed by atoms with E-state index < -0.39 is 53.0 Å². The molecule has 0 saturated carbocycles. The molecular weight excluding hydrogens is 462 g/mol. The minimum atomic E-state index is -1.61. The van der Waals surface area contributed by atoms with Crippen LogP contribution in [0.3, 0.4) is 0 Å². The van der Waals surface area contributed by atoms with Gasteiger partial charge >= 0.3 is 0 Å². The standard InChI is InChI=1S/C23H20ClN5O5/c1-9-6-12-18(13(24)7-9)27-22(34)23(12)17-16(14(28-23)8-15(25)30)20(32)29(21(17)33)11-4-2-10(3-5-11)19(26)31/h2-7,14,16-17,28H,8H2,1H3,(H2,25,30)(H2,26,31)(H,27,34)/t14-,16-,17+,23+/m1/s1. The highest BCUT2D eigenvalue weighted by molar-refractivity contribution is 6.35. The topological polar surface area (TPSA) is 165 Å². The molecule has 0 unspecified atom stereocenters. The van der Waals surface area contributed by atoms with Crippen LogP contribution >= 0.6 is 11.6 Å². The second-order valence-corrected chi connectivity index (χ2v) is 9.19. The van der Waals surface area contributed by atoms with Gasteiger partial charge < -0.3 is 16.8 Å². The monoisotopic (exact) mass is 481 g/mol. The summed E-state index contributed by atoms with van der Waals surface area (Å²) < 4.78 is 0. The molecule has 2 saturated heterocycles. The summed E-state index contributed by atoms with van der Waals surface area (Å²) in [5, 5.41) is 6.15. The van der Waals surface area contributed by atoms with Gasteiger partial charge in [-0.2, -0.15) is 0 Å². The zero-order valence-electron chi connectivity index (χ0n) is 17.9. The molecule has 11 heteroatoms. The molecule has 0 bridgehead atoms. The number of benzene rings is 2. The number of amides is 5. The maximum absolute atomic E-state index is 13.8. The molecule has 34 heavy (non-hydrogen) atoms. The number of carbonyl (C=O) groups is 5. The molecule has 3 aliphatic heterocycles. The predicted octanol–water partition coefficient (Wildman–Crippen LogP) is 0.548. The normalized spacial score (nSPS) is 27.2. The first-order chi connectivity index (χ1) is 16.1. The molecule has 2 aromatic carbocycles. The Morgan fingerprint density at radius 3 is 2.38 bits per heavy atom. The first-order valence-corrected chi connectivity index (χ1v) is 10.9. The Hall–Kier alpha value is -3.76. The summed E-state index contributed by atoms with van der Waals surface area (Å²) in [4.78, 5) is 65.0. The number of nitrogens with one attached hydrogen (secondary N) is 2. The average Bonchev–Trinajstić information content (AvgIpc) is 3.33. The smallest absolute Gasteiger partial charge is 0.250 e. The number of nitrogens with two attached hydrogens (primary N) is 2. The third kappa shape index (κ3) is 2.88. The summed E-state index contributed by atoms with van der Waals surface area (Å²) in [5.74, 6) is -5.22. The lowest BCUT2D eigenvalue weighted by Gasteiger charge is -2.29. The zero-order valence-corrected chi connectivity index (χ0v) is 18.7. The lowest BCUT2D eigenvalue weighted by Crippen LogP contribution is -2.53. The average molecular weight is 482 g/mol. The fourth-order valence-electron chi connectivity index (χ4n) is 5.41. The van der Waals surface area contributed by atoms with Crippen molar-refractivity contribution in [2.75, 3.05) is 10.2 Å². The number of carbonyl (C=O) groups excluding carboxylic acids is 5. The van der Waals surface area contributed by atoms with Crippen LogP contribution < -0.4 is 27.0 Å². The fraction of sp³-hybridized carbons (Fsp3) is 0.261. The number of halogens is 1. The molecule has 2 aromatic rings. The molecule has 1 spiro atoms. The summed E-state index contributed by atoms with van der Waals surface area (Å²) in [6.07, 6.45) is -0.251. The number of primary amides is 2. The number of imide groups is 1. The Labute approximate surface area is 198 Å². The molecule has 5 amide bonds. The van der Waals surface area contributed by atoms with Crippen molar-refractivity contribution in [1.29, 1.82) is 0 Å². The van der Waals surface area contributed by atoms with Crippen molar-refractivity contribution >= 4 is 52.5 Å². The molecule has 0 aliphatic carbocycles. The Balaban J connectivity index is 1.66. The third-order valence-corrected chi connectivity index (χ3v) is 7.05. The van der Waals surface area contributed by atoms with Crippen LogP contribution in [-0.4, -0.2) is 35.6 Å². The van der Waals surface area contributed by atoms with Gasteiger partial charge in [0.15, 0.2) is 0 Å². The van der Waals surface area contributed by atoms with Gasteiger partial charge in [-0.1, -0.05) is 17.7 Å². The van der Waals surface area contributed by atoms with Crippen LogP contribution in [0.25, 0.3) is 0 Å². The van der Waals surface area contributed by atoms with E-state index in [1.54, 1.807) is 19.1 Å². The number of anilines is 2. The quantitative estimate of drug-likeness (QED) is 0.465. The lowest BCUT2D eigenvalue weighted by atomic mass is 9.76. The third-order valence-electron chi connectivity index (χ3n) is 6.75. The molecule has 3 heterocycles. The van der Waals surface area contributed by atoms with Crippen LogP contribution in [0.2, 0.25) is 5.02 Å². The Morgan fingerprint density at radius 1 is 1.09 bits per heavy atom. The molecule has 3 aliphatic rings. The van der Waals surface area contributed by atoms with Crippen LogP contribution in [0.5, 0.6) is 0 Å². The maximum Gasteiger partial charge on any atom is 0.250 e. The summed E-state index contributed by atoms with van der Waals surface area (Å²) in [6.45, 7) is 1.80. The minimum absolute atomic E-state index is 0.210. The van der Waals surface area contributed by atoms with Gasteiger partial charge in [-0.3, -0.25) is 29.3 Å². The molecule has 5 rings (SSSR count). The predicted molar refractivity (Wildman–Crippen MR) is 122 cm³/mol. The summed E-state index contributed by atoms with van der Waals surface area (Å²) >= 11 is 6.38. The molecule has 174 valence electrons. The van der Waals surface area contributed by atoms with E-state index in [0.717, 1.165) is 10.5 Å². The van der Waals surface area contributed by atoms with Crippen molar-refractivity contribution in [3.63, 3.8) is 0 Å². The highest BCUT2D eigenvalue weighted by atomic mass is 35.5. The van der Waals surface area contributed by atoms with E-state index >= 15 is 0 Å². The molecule has 10 nitrogen and oxygen atoms in total. The number of hydrogen-bond acceptors (Lipinski definition) is 6. The van der Waals surface area contributed by atoms with Crippen LogP contribution in [0.1, 0.15) is 27.9 Å². The molecular formula is C23H20ClN5O5. The van der Waals surface area contributed by atoms with Gasteiger partial charge in [-0.05, 0) is 42.8 Å². The van der Waals surface area contributed by atoms with Crippen molar-refractivity contribution in [2.45, 2.75) is 24.9 Å². The lowest BCUT2D eigenvalue weighted by molar-refractivity contribution is -0.130. The van der Waals surface area contributed by atoms with E-state index in [2.05, 4.69) is 10.6 Å². The van der Waals surface area contributed by atoms with Gasteiger partial charge in [0, 0.05) is 23.6 Å². The summed E-state index contributed by atoms with van der Waals surface area (Å²) in [5.41, 5.74) is 11.1. The highest BCUT2D eigenvalue weighted by Crippen LogP contribution is 2.55. The van der Waals surface area contributed by atoms with Crippen LogP contribution in [0, 0.1) is 18.8 Å². The SMILES string of the molecule is Cc1cc(Cl)c2c(c1)[C@@]1(N[C@H](CC(N)=O)[C@H]3C(=O)N(c4ccc(C(N)=O)cc4)C(=O)[C@H]31)C(=O)N2. The van der Waals surface area contributed by atoms with E-state index in [4.69, 9.17) is 23.1 Å². The number of hydrogen-bond donors (Lipinski definition) is 4. The van der Waals surface area contributed by atoms with E-state index in [1.807, 2.05) is 0 Å². The zero-order chi connectivity index (χ0) is 24.5. The fourth-order valence-corrected chi connectivity index (χ4v) is 5.74. The molecule has 2 fully saturated rings. The highest BCUT2D eigenvalue weighted by Gasteiger charge is 2.71. The first kappa shape index (κ1) is 22.1. The number of nitrogens with zero attached hydrogens (tertiary/aromatic N) is 1. The van der Waals surface area contributed by atoms with Crippen LogP contribution in [0.15, 0.2) is 36.4 Å². The van der Waals surface area contributed by atoms with Crippen molar-refractivity contribution < 1.29 is 24.0 Å². The molecule has 0 aromatic heterocycles. The van der Waals surface area contributed by atoms with Crippen LogP contribution in [-0.2, 0) is 24.7 Å². The van der Waals surface area contributed by atoms with Gasteiger partial charge in [-0.25, -0.2) is 4.90 Å². The van der Waals surface area contributed by atoms with Gasteiger partial charge in [-0.15, -0.1) is 0 Å². The number of aryl methyl sites for hydroxylation is 1. The van der Waals surface area contributed by atoms with Crippen LogP contribution in [0.4, 0.5) is 11.4 Å². The van der Waals surface area contributed by atoms with Gasteiger partial charge in [0.2, 0.25) is 29.5 Å². The Morgan fingerprint density at radius 2 is 1.76 bits per heavy atom.